The predicted octanol–water partition coefficient (Wildman–Crippen LogP) is 3.53. The molecule has 1 aliphatic heterocycles. The Morgan fingerprint density at radius 3 is 2.53 bits per heavy atom. The molecule has 0 spiro atoms. The predicted molar refractivity (Wildman–Crippen MR) is 116 cm³/mol. The number of carbonyl (C=O) groups excluding carboxylic acids is 1. The number of hydrogen-bond donors (Lipinski definition) is 2. The summed E-state index contributed by atoms with van der Waals surface area (Å²) in [5, 5.41) is 5.45. The maximum absolute atomic E-state index is 13.0. The molecule has 4 rings (SSSR count). The molecule has 0 fully saturated rings. The summed E-state index contributed by atoms with van der Waals surface area (Å²) in [6.45, 7) is 0.692. The standard InChI is InChI=1S/C21H20ClN3O4S/c1-29-15-5-2-13(3-6-15)21(26)20-9-8-19-17(10-11-25(19)20)16-7-4-14(12-18(16)22)24-30(23,27)28/h2-9,12,17,24H,10-11H2,1H3,(H2,23,27,28). The van der Waals surface area contributed by atoms with Crippen LogP contribution in [0.3, 0.4) is 0 Å². The molecule has 1 unspecified atom stereocenters. The summed E-state index contributed by atoms with van der Waals surface area (Å²) in [5.41, 5.74) is 3.39. The van der Waals surface area contributed by atoms with Crippen LogP contribution in [0.25, 0.3) is 0 Å². The van der Waals surface area contributed by atoms with Crippen molar-refractivity contribution in [1.29, 1.82) is 0 Å². The number of anilines is 1. The minimum Gasteiger partial charge on any atom is -0.497 e. The fourth-order valence-electron chi connectivity index (χ4n) is 3.88. The van der Waals surface area contributed by atoms with Crippen molar-refractivity contribution in [2.45, 2.75) is 18.9 Å². The topological polar surface area (TPSA) is 103 Å². The maximum atomic E-state index is 13.0. The van der Waals surface area contributed by atoms with Gasteiger partial charge in [0, 0.05) is 28.7 Å². The van der Waals surface area contributed by atoms with Crippen LogP contribution in [0.15, 0.2) is 54.6 Å². The lowest BCUT2D eigenvalue weighted by molar-refractivity contribution is 0.103. The van der Waals surface area contributed by atoms with Gasteiger partial charge in [0.25, 0.3) is 10.2 Å². The van der Waals surface area contributed by atoms with Gasteiger partial charge in [0.1, 0.15) is 5.75 Å². The van der Waals surface area contributed by atoms with Crippen molar-refractivity contribution in [3.05, 3.63) is 82.1 Å². The number of fused-ring (bicyclic) bond motifs is 1. The molecule has 0 saturated carbocycles. The number of hydrogen-bond acceptors (Lipinski definition) is 4. The molecule has 0 bridgehead atoms. The molecule has 2 aromatic carbocycles. The fraction of sp³-hybridized carbons (Fsp3) is 0.190. The molecule has 156 valence electrons. The first-order chi connectivity index (χ1) is 14.3. The highest BCUT2D eigenvalue weighted by molar-refractivity contribution is 7.90. The quantitative estimate of drug-likeness (QED) is 0.566. The van der Waals surface area contributed by atoms with Crippen molar-refractivity contribution >= 4 is 33.3 Å². The third-order valence-corrected chi connectivity index (χ3v) is 6.08. The number of benzene rings is 2. The van der Waals surface area contributed by atoms with E-state index in [0.29, 0.717) is 34.3 Å². The SMILES string of the molecule is COc1ccc(C(=O)c2ccc3n2CCC3c2ccc(NS(N)(=O)=O)cc2Cl)cc1. The van der Waals surface area contributed by atoms with E-state index in [-0.39, 0.29) is 11.7 Å². The van der Waals surface area contributed by atoms with Gasteiger partial charge in [-0.2, -0.15) is 8.42 Å². The number of carbonyl (C=O) groups is 1. The van der Waals surface area contributed by atoms with E-state index in [2.05, 4.69) is 4.72 Å². The fourth-order valence-corrected chi connectivity index (χ4v) is 4.65. The molecular formula is C21H20ClN3O4S. The van der Waals surface area contributed by atoms with Crippen molar-refractivity contribution in [2.75, 3.05) is 11.8 Å². The molecule has 0 aliphatic carbocycles. The second-order valence-corrected chi connectivity index (χ2v) is 8.78. The monoisotopic (exact) mass is 445 g/mol. The molecule has 0 radical (unpaired) electrons. The lowest BCUT2D eigenvalue weighted by Gasteiger charge is -2.14. The molecule has 0 amide bonds. The molecule has 1 aromatic heterocycles. The van der Waals surface area contributed by atoms with Crippen LogP contribution in [0.4, 0.5) is 5.69 Å². The molecule has 3 N–H and O–H groups in total. The first kappa shape index (κ1) is 20.5. The Labute approximate surface area is 179 Å². The average molecular weight is 446 g/mol. The van der Waals surface area contributed by atoms with Gasteiger partial charge in [0.05, 0.1) is 18.5 Å². The van der Waals surface area contributed by atoms with Crippen LogP contribution in [0.5, 0.6) is 5.75 Å². The van der Waals surface area contributed by atoms with E-state index < -0.39 is 10.2 Å². The van der Waals surface area contributed by atoms with Gasteiger partial charge >= 0.3 is 0 Å². The van der Waals surface area contributed by atoms with Crippen LogP contribution < -0.4 is 14.6 Å². The van der Waals surface area contributed by atoms with E-state index >= 15 is 0 Å². The minimum absolute atomic E-state index is 0.0125. The lowest BCUT2D eigenvalue weighted by Crippen LogP contribution is -2.21. The molecule has 0 saturated heterocycles. The zero-order chi connectivity index (χ0) is 21.5. The van der Waals surface area contributed by atoms with Crippen molar-refractivity contribution in [3.8, 4) is 5.75 Å². The molecule has 9 heteroatoms. The van der Waals surface area contributed by atoms with Crippen molar-refractivity contribution < 1.29 is 17.9 Å². The number of nitrogens with two attached hydrogens (primary N) is 1. The molecule has 1 atom stereocenters. The van der Waals surface area contributed by atoms with Gasteiger partial charge in [0.15, 0.2) is 0 Å². The highest BCUT2D eigenvalue weighted by Gasteiger charge is 2.29. The van der Waals surface area contributed by atoms with Crippen LogP contribution in [0.2, 0.25) is 5.02 Å². The normalized spacial score (nSPS) is 15.6. The van der Waals surface area contributed by atoms with E-state index in [1.54, 1.807) is 43.5 Å². The summed E-state index contributed by atoms with van der Waals surface area (Å²) in [4.78, 5) is 13.0. The smallest absolute Gasteiger partial charge is 0.296 e. The number of nitrogens with one attached hydrogen (secondary N) is 1. The Balaban J connectivity index is 1.62. The largest absolute Gasteiger partial charge is 0.497 e. The molecule has 3 aromatic rings. The van der Waals surface area contributed by atoms with Crippen molar-refractivity contribution in [1.82, 2.24) is 4.57 Å². The van der Waals surface area contributed by atoms with Gasteiger partial charge in [-0.15, -0.1) is 0 Å². The van der Waals surface area contributed by atoms with Crippen LogP contribution in [-0.2, 0) is 16.8 Å². The molecule has 2 heterocycles. The Bertz CT molecular complexity index is 1220. The summed E-state index contributed by atoms with van der Waals surface area (Å²) in [7, 11) is -2.29. The second kappa shape index (κ2) is 7.79. The minimum atomic E-state index is -3.87. The van der Waals surface area contributed by atoms with Crippen LogP contribution in [0.1, 0.15) is 39.6 Å². The van der Waals surface area contributed by atoms with Gasteiger partial charge in [-0.25, -0.2) is 5.14 Å². The van der Waals surface area contributed by atoms with Crippen LogP contribution >= 0.6 is 11.6 Å². The molecule has 30 heavy (non-hydrogen) atoms. The van der Waals surface area contributed by atoms with Gasteiger partial charge in [-0.3, -0.25) is 9.52 Å². The average Bonchev–Trinajstić information content (AvgIpc) is 3.29. The molecule has 7 nitrogen and oxygen atoms in total. The summed E-state index contributed by atoms with van der Waals surface area (Å²) in [5.74, 6) is 0.656. The Morgan fingerprint density at radius 2 is 1.90 bits per heavy atom. The van der Waals surface area contributed by atoms with Gasteiger partial charge < -0.3 is 9.30 Å². The van der Waals surface area contributed by atoms with Crippen molar-refractivity contribution in [3.63, 3.8) is 0 Å². The Morgan fingerprint density at radius 1 is 1.17 bits per heavy atom. The van der Waals surface area contributed by atoms with E-state index in [1.807, 2.05) is 16.7 Å². The summed E-state index contributed by atoms with van der Waals surface area (Å²) < 4.78 is 31.8. The molecule has 1 aliphatic rings. The highest BCUT2D eigenvalue weighted by Crippen LogP contribution is 2.40. The van der Waals surface area contributed by atoms with Gasteiger partial charge in [0.2, 0.25) is 5.78 Å². The number of ether oxygens (including phenoxy) is 1. The Kier molecular flexibility index (Phi) is 5.31. The summed E-state index contributed by atoms with van der Waals surface area (Å²) in [6, 6.07) is 15.8. The number of ketones is 1. The number of halogens is 1. The summed E-state index contributed by atoms with van der Waals surface area (Å²) >= 11 is 6.43. The zero-order valence-electron chi connectivity index (χ0n) is 16.1. The van der Waals surface area contributed by atoms with Gasteiger partial charge in [-0.05, 0) is 60.5 Å². The number of aromatic nitrogens is 1. The first-order valence-electron chi connectivity index (χ1n) is 9.25. The van der Waals surface area contributed by atoms with E-state index in [9.17, 15) is 13.2 Å². The van der Waals surface area contributed by atoms with Crippen LogP contribution in [0, 0.1) is 0 Å². The van der Waals surface area contributed by atoms with Crippen LogP contribution in [-0.4, -0.2) is 25.9 Å². The number of rotatable bonds is 6. The first-order valence-corrected chi connectivity index (χ1v) is 11.2. The van der Waals surface area contributed by atoms with E-state index in [0.717, 1.165) is 17.7 Å². The maximum Gasteiger partial charge on any atom is 0.296 e. The third kappa shape index (κ3) is 3.94. The Hall–Kier alpha value is -2.81. The highest BCUT2D eigenvalue weighted by atomic mass is 35.5. The number of nitrogens with zero attached hydrogens (tertiary/aromatic N) is 1. The second-order valence-electron chi connectivity index (χ2n) is 7.08. The zero-order valence-corrected chi connectivity index (χ0v) is 17.7. The molecular weight excluding hydrogens is 426 g/mol. The number of methoxy groups -OCH3 is 1. The van der Waals surface area contributed by atoms with Crippen molar-refractivity contribution in [2.24, 2.45) is 5.14 Å². The van der Waals surface area contributed by atoms with Gasteiger partial charge in [-0.1, -0.05) is 17.7 Å². The van der Waals surface area contributed by atoms with E-state index in [4.69, 9.17) is 21.5 Å². The third-order valence-electron chi connectivity index (χ3n) is 5.23. The van der Waals surface area contributed by atoms with E-state index in [1.165, 1.54) is 6.07 Å². The lowest BCUT2D eigenvalue weighted by atomic mass is 9.94. The summed E-state index contributed by atoms with van der Waals surface area (Å²) in [6.07, 6.45) is 0.792.